The molecule has 3 heterocycles. The highest BCUT2D eigenvalue weighted by Gasteiger charge is 2.19. The van der Waals surface area contributed by atoms with E-state index in [1.54, 1.807) is 0 Å². The molecule has 1 aliphatic rings. The molecule has 0 amide bonds. The quantitative estimate of drug-likeness (QED) is 0.199. The summed E-state index contributed by atoms with van der Waals surface area (Å²) in [4.78, 5) is 0. The first-order chi connectivity index (χ1) is 22.3. The lowest BCUT2D eigenvalue weighted by atomic mass is 10.1. The van der Waals surface area contributed by atoms with Gasteiger partial charge in [0.1, 0.15) is 0 Å². The highest BCUT2D eigenvalue weighted by Crippen LogP contribution is 2.39. The summed E-state index contributed by atoms with van der Waals surface area (Å²) in [6, 6.07) is 49.0. The van der Waals surface area contributed by atoms with Gasteiger partial charge in [-0.25, -0.2) is 0 Å². The Morgan fingerprint density at radius 2 is 0.756 bits per heavy atom. The second-order valence-corrected chi connectivity index (χ2v) is 12.1. The molecule has 9 aromatic rings. The van der Waals surface area contributed by atoms with E-state index < -0.39 is 0 Å². The number of benzene rings is 6. The van der Waals surface area contributed by atoms with Crippen molar-refractivity contribution >= 4 is 71.1 Å². The average molecular weight is 576 g/mol. The highest BCUT2D eigenvalue weighted by atomic mass is 15.0. The van der Waals surface area contributed by atoms with Gasteiger partial charge < -0.3 is 13.7 Å². The van der Waals surface area contributed by atoms with Gasteiger partial charge in [-0.05, 0) is 79.6 Å². The van der Waals surface area contributed by atoms with Crippen molar-refractivity contribution in [2.75, 3.05) is 0 Å². The van der Waals surface area contributed by atoms with E-state index >= 15 is 0 Å². The fourth-order valence-corrected chi connectivity index (χ4v) is 7.72. The topological polar surface area (TPSA) is 14.8 Å². The molecule has 45 heavy (non-hydrogen) atoms. The van der Waals surface area contributed by atoms with Crippen molar-refractivity contribution < 1.29 is 0 Å². The SMILES string of the molecule is C1=CC(n2c3ccc(-n4c5ccccc5c5ccccc54)cc3c3cc(-n4c5ccccc5c5ccccc54)ccc32)=CCC1. The number of fused-ring (bicyclic) bond motifs is 9. The monoisotopic (exact) mass is 575 g/mol. The minimum Gasteiger partial charge on any atom is -0.310 e. The molecule has 3 heteroatoms. The lowest BCUT2D eigenvalue weighted by Gasteiger charge is -2.13. The molecule has 0 atom stereocenters. The molecule has 0 radical (unpaired) electrons. The minimum atomic E-state index is 1.06. The van der Waals surface area contributed by atoms with E-state index in [2.05, 4.69) is 165 Å². The Balaban J connectivity index is 1.30. The van der Waals surface area contributed by atoms with E-state index in [0.29, 0.717) is 0 Å². The third-order valence-corrected chi connectivity index (χ3v) is 9.64. The molecule has 1 aliphatic carbocycles. The van der Waals surface area contributed by atoms with Crippen molar-refractivity contribution in [2.24, 2.45) is 0 Å². The number of rotatable bonds is 3. The van der Waals surface area contributed by atoms with Gasteiger partial charge in [0.15, 0.2) is 0 Å². The predicted molar refractivity (Wildman–Crippen MR) is 191 cm³/mol. The van der Waals surface area contributed by atoms with E-state index in [-0.39, 0.29) is 0 Å². The van der Waals surface area contributed by atoms with E-state index in [4.69, 9.17) is 0 Å². The molecule has 0 fully saturated rings. The van der Waals surface area contributed by atoms with Crippen LogP contribution in [-0.2, 0) is 0 Å². The average Bonchev–Trinajstić information content (AvgIpc) is 3.74. The predicted octanol–water partition coefficient (Wildman–Crippen LogP) is 11.2. The molecular formula is C42H29N3. The zero-order chi connectivity index (χ0) is 29.5. The molecule has 3 aromatic heterocycles. The Morgan fingerprint density at radius 1 is 0.356 bits per heavy atom. The molecule has 6 aromatic carbocycles. The molecule has 212 valence electrons. The molecule has 0 aliphatic heterocycles. The maximum absolute atomic E-state index is 2.45. The second kappa shape index (κ2) is 9.35. The maximum atomic E-state index is 2.45. The van der Waals surface area contributed by atoms with Gasteiger partial charge in [0, 0.05) is 49.4 Å². The van der Waals surface area contributed by atoms with Gasteiger partial charge in [0.25, 0.3) is 0 Å². The van der Waals surface area contributed by atoms with E-state index in [1.807, 2.05) is 0 Å². The first-order valence-corrected chi connectivity index (χ1v) is 15.8. The maximum Gasteiger partial charge on any atom is 0.0542 e. The third kappa shape index (κ3) is 3.46. The molecular weight excluding hydrogens is 546 g/mol. The summed E-state index contributed by atoms with van der Waals surface area (Å²) in [6.45, 7) is 0. The Morgan fingerprint density at radius 3 is 1.16 bits per heavy atom. The van der Waals surface area contributed by atoms with Crippen LogP contribution >= 0.6 is 0 Å². The molecule has 0 saturated heterocycles. The summed E-state index contributed by atoms with van der Waals surface area (Å²) in [5.41, 5.74) is 11.0. The molecule has 0 spiro atoms. The van der Waals surface area contributed by atoms with Crippen molar-refractivity contribution in [3.05, 3.63) is 152 Å². The van der Waals surface area contributed by atoms with Crippen molar-refractivity contribution in [3.8, 4) is 11.4 Å². The largest absolute Gasteiger partial charge is 0.310 e. The van der Waals surface area contributed by atoms with Crippen LogP contribution in [-0.4, -0.2) is 13.7 Å². The summed E-state index contributed by atoms with van der Waals surface area (Å²) in [5.74, 6) is 0. The molecule has 3 nitrogen and oxygen atoms in total. The highest BCUT2D eigenvalue weighted by molar-refractivity contribution is 6.14. The smallest absolute Gasteiger partial charge is 0.0542 e. The summed E-state index contributed by atoms with van der Waals surface area (Å²) in [7, 11) is 0. The van der Waals surface area contributed by atoms with Crippen LogP contribution in [0.1, 0.15) is 12.8 Å². The van der Waals surface area contributed by atoms with Gasteiger partial charge in [0.05, 0.1) is 33.1 Å². The second-order valence-electron chi connectivity index (χ2n) is 12.1. The fraction of sp³-hybridized carbons (Fsp3) is 0.0476. The van der Waals surface area contributed by atoms with Gasteiger partial charge >= 0.3 is 0 Å². The number of hydrogen-bond donors (Lipinski definition) is 0. The van der Waals surface area contributed by atoms with Crippen LogP contribution in [0.2, 0.25) is 0 Å². The third-order valence-electron chi connectivity index (χ3n) is 9.64. The van der Waals surface area contributed by atoms with Crippen molar-refractivity contribution in [2.45, 2.75) is 12.8 Å². The van der Waals surface area contributed by atoms with Gasteiger partial charge in [0.2, 0.25) is 0 Å². The van der Waals surface area contributed by atoms with Gasteiger partial charge in [-0.2, -0.15) is 0 Å². The first kappa shape index (κ1) is 24.6. The number of aromatic nitrogens is 3. The zero-order valence-corrected chi connectivity index (χ0v) is 24.7. The lowest BCUT2D eigenvalue weighted by molar-refractivity contribution is 1.02. The minimum absolute atomic E-state index is 1.06. The van der Waals surface area contributed by atoms with Crippen LogP contribution in [0, 0.1) is 0 Å². The molecule has 0 bridgehead atoms. The Labute approximate surface area is 260 Å². The number of nitrogens with zero attached hydrogens (tertiary/aromatic N) is 3. The fourth-order valence-electron chi connectivity index (χ4n) is 7.72. The van der Waals surface area contributed by atoms with Gasteiger partial charge in [-0.1, -0.05) is 84.9 Å². The summed E-state index contributed by atoms with van der Waals surface area (Å²) in [5, 5.41) is 7.63. The number of allylic oxidation sites excluding steroid dienone is 4. The van der Waals surface area contributed by atoms with E-state index in [9.17, 15) is 0 Å². The summed E-state index contributed by atoms with van der Waals surface area (Å²) in [6.07, 6.45) is 9.11. The normalized spacial score (nSPS) is 13.6. The van der Waals surface area contributed by atoms with Crippen LogP contribution in [0.4, 0.5) is 0 Å². The van der Waals surface area contributed by atoms with Crippen LogP contribution in [0.25, 0.3) is 82.5 Å². The standard InChI is InChI=1S/C42H29N3/c1-2-12-28(13-3-1)43-41-24-22-29(44-37-18-8-4-14-31(37)32-15-5-9-19-38(32)44)26-35(41)36-27-30(23-25-42(36)43)45-39-20-10-6-16-33(39)34-17-7-11-21-40(34)45/h2,4-27H,1,3H2. The summed E-state index contributed by atoms with van der Waals surface area (Å²) >= 11 is 0. The lowest BCUT2D eigenvalue weighted by Crippen LogP contribution is -1.98. The van der Waals surface area contributed by atoms with Crippen molar-refractivity contribution in [1.29, 1.82) is 0 Å². The summed E-state index contributed by atoms with van der Waals surface area (Å²) < 4.78 is 7.29. The Bertz CT molecular complexity index is 2430. The van der Waals surface area contributed by atoms with Gasteiger partial charge in [-0.15, -0.1) is 0 Å². The van der Waals surface area contributed by atoms with Crippen LogP contribution in [0.3, 0.4) is 0 Å². The zero-order valence-electron chi connectivity index (χ0n) is 24.7. The van der Waals surface area contributed by atoms with Crippen molar-refractivity contribution in [1.82, 2.24) is 13.7 Å². The first-order valence-electron chi connectivity index (χ1n) is 15.8. The molecule has 10 rings (SSSR count). The Hall–Kier alpha value is -5.80. The number of hydrogen-bond acceptors (Lipinski definition) is 0. The Kier molecular flexibility index (Phi) is 5.11. The van der Waals surface area contributed by atoms with Crippen molar-refractivity contribution in [3.63, 3.8) is 0 Å². The molecule has 0 saturated carbocycles. The van der Waals surface area contributed by atoms with E-state index in [1.165, 1.54) is 82.5 Å². The molecule has 0 N–H and O–H groups in total. The van der Waals surface area contributed by atoms with Gasteiger partial charge in [-0.3, -0.25) is 0 Å². The van der Waals surface area contributed by atoms with Crippen LogP contribution < -0.4 is 0 Å². The number of para-hydroxylation sites is 4. The van der Waals surface area contributed by atoms with E-state index in [0.717, 1.165) is 12.8 Å². The molecule has 0 unspecified atom stereocenters. The van der Waals surface area contributed by atoms with Crippen LogP contribution in [0.5, 0.6) is 0 Å². The van der Waals surface area contributed by atoms with Crippen LogP contribution in [0.15, 0.2) is 152 Å².